The summed E-state index contributed by atoms with van der Waals surface area (Å²) in [6.45, 7) is 4.42. The molecule has 4 heteroatoms. The van der Waals surface area contributed by atoms with Gasteiger partial charge in [0, 0.05) is 5.56 Å². The maximum absolute atomic E-state index is 5.99. The number of pyridine rings is 1. The molecule has 0 atom stereocenters. The Balaban J connectivity index is 2.13. The fourth-order valence-electron chi connectivity index (χ4n) is 1.57. The van der Waals surface area contributed by atoms with Crippen molar-refractivity contribution in [2.45, 2.75) is 20.5 Å². The van der Waals surface area contributed by atoms with E-state index in [-0.39, 0.29) is 0 Å². The highest BCUT2D eigenvalue weighted by Crippen LogP contribution is 2.22. The van der Waals surface area contributed by atoms with Crippen LogP contribution in [0.3, 0.4) is 0 Å². The Morgan fingerprint density at radius 3 is 2.61 bits per heavy atom. The number of nitrogens with zero attached hydrogens (tertiary/aromatic N) is 1. The van der Waals surface area contributed by atoms with E-state index in [9.17, 15) is 0 Å². The Hall–Kier alpha value is -1.25. The van der Waals surface area contributed by atoms with Crippen LogP contribution >= 0.6 is 23.2 Å². The first-order valence-electron chi connectivity index (χ1n) is 5.57. The maximum atomic E-state index is 5.99. The van der Waals surface area contributed by atoms with Gasteiger partial charge in [-0.1, -0.05) is 35.3 Å². The Morgan fingerprint density at radius 1 is 1.11 bits per heavy atom. The lowest BCUT2D eigenvalue weighted by atomic mass is 10.1. The minimum atomic E-state index is 0.382. The van der Waals surface area contributed by atoms with Crippen LogP contribution in [0.4, 0.5) is 0 Å². The molecule has 0 bridgehead atoms. The van der Waals surface area contributed by atoms with Gasteiger partial charge in [-0.2, -0.15) is 0 Å². The van der Waals surface area contributed by atoms with Crippen LogP contribution in [0.25, 0.3) is 0 Å². The van der Waals surface area contributed by atoms with Crippen LogP contribution in [0.15, 0.2) is 30.3 Å². The third-order valence-corrected chi connectivity index (χ3v) is 3.16. The van der Waals surface area contributed by atoms with E-state index >= 15 is 0 Å². The molecule has 0 aliphatic rings. The molecule has 0 fully saturated rings. The van der Waals surface area contributed by atoms with E-state index in [1.807, 2.05) is 32.0 Å². The van der Waals surface area contributed by atoms with Crippen molar-refractivity contribution in [3.8, 4) is 5.75 Å². The van der Waals surface area contributed by atoms with Gasteiger partial charge in [0.1, 0.15) is 22.7 Å². The first-order chi connectivity index (χ1) is 8.56. The molecule has 1 aromatic heterocycles. The van der Waals surface area contributed by atoms with Crippen molar-refractivity contribution in [3.63, 3.8) is 0 Å². The van der Waals surface area contributed by atoms with Gasteiger partial charge < -0.3 is 4.74 Å². The van der Waals surface area contributed by atoms with Crippen molar-refractivity contribution in [3.05, 3.63) is 57.3 Å². The number of aromatic nitrogens is 1. The van der Waals surface area contributed by atoms with Crippen LogP contribution in [-0.2, 0) is 6.61 Å². The third kappa shape index (κ3) is 3.15. The SMILES string of the molecule is Cc1ccc(C)c(OCc2ccc(Cl)nc2Cl)c1. The molecule has 0 aliphatic carbocycles. The molecule has 0 N–H and O–H groups in total. The number of benzene rings is 1. The quantitative estimate of drug-likeness (QED) is 0.768. The first kappa shape index (κ1) is 13.2. The van der Waals surface area contributed by atoms with Gasteiger partial charge >= 0.3 is 0 Å². The van der Waals surface area contributed by atoms with Crippen molar-refractivity contribution >= 4 is 23.2 Å². The summed E-state index contributed by atoms with van der Waals surface area (Å²) in [6.07, 6.45) is 0. The second kappa shape index (κ2) is 5.59. The number of halogens is 2. The van der Waals surface area contributed by atoms with Crippen LogP contribution < -0.4 is 4.74 Å². The van der Waals surface area contributed by atoms with E-state index in [2.05, 4.69) is 11.1 Å². The van der Waals surface area contributed by atoms with Crippen molar-refractivity contribution in [1.82, 2.24) is 4.98 Å². The molecule has 0 radical (unpaired) electrons. The molecule has 0 unspecified atom stereocenters. The summed E-state index contributed by atoms with van der Waals surface area (Å²) < 4.78 is 5.76. The fraction of sp³-hybridized carbons (Fsp3) is 0.214. The second-order valence-corrected chi connectivity index (χ2v) is 4.89. The molecule has 94 valence electrons. The van der Waals surface area contributed by atoms with Crippen molar-refractivity contribution in [1.29, 1.82) is 0 Å². The lowest BCUT2D eigenvalue weighted by molar-refractivity contribution is 0.303. The van der Waals surface area contributed by atoms with Crippen molar-refractivity contribution in [2.75, 3.05) is 0 Å². The fourth-order valence-corrected chi connectivity index (χ4v) is 1.97. The number of rotatable bonds is 3. The predicted molar refractivity (Wildman–Crippen MR) is 74.5 cm³/mol. The molecule has 0 saturated carbocycles. The topological polar surface area (TPSA) is 22.1 Å². The first-order valence-corrected chi connectivity index (χ1v) is 6.33. The summed E-state index contributed by atoms with van der Waals surface area (Å²) in [6, 6.07) is 9.62. The molecule has 0 amide bonds. The summed E-state index contributed by atoms with van der Waals surface area (Å²) in [5.74, 6) is 0.862. The molecule has 0 saturated heterocycles. The van der Waals surface area contributed by atoms with Crippen LogP contribution in [0, 0.1) is 13.8 Å². The van der Waals surface area contributed by atoms with Gasteiger partial charge in [0.2, 0.25) is 0 Å². The monoisotopic (exact) mass is 281 g/mol. The zero-order valence-corrected chi connectivity index (χ0v) is 11.7. The molecule has 1 heterocycles. The molecule has 0 spiro atoms. The minimum Gasteiger partial charge on any atom is -0.489 e. The Morgan fingerprint density at radius 2 is 1.89 bits per heavy atom. The molecule has 2 nitrogen and oxygen atoms in total. The molecule has 2 rings (SSSR count). The molecular weight excluding hydrogens is 269 g/mol. The Bertz CT molecular complexity index is 570. The van der Waals surface area contributed by atoms with E-state index in [0.29, 0.717) is 16.9 Å². The number of aryl methyl sites for hydroxylation is 2. The number of ether oxygens (including phenoxy) is 1. The Kier molecular flexibility index (Phi) is 4.10. The molecule has 1 aromatic carbocycles. The molecule has 0 aliphatic heterocycles. The highest BCUT2D eigenvalue weighted by Gasteiger charge is 2.05. The summed E-state index contributed by atoms with van der Waals surface area (Å²) in [7, 11) is 0. The predicted octanol–water partition coefficient (Wildman–Crippen LogP) is 4.58. The maximum Gasteiger partial charge on any atom is 0.137 e. The van der Waals surface area contributed by atoms with Crippen molar-refractivity contribution in [2.24, 2.45) is 0 Å². The zero-order valence-electron chi connectivity index (χ0n) is 10.2. The van der Waals surface area contributed by atoms with Gasteiger partial charge in [-0.05, 0) is 43.2 Å². The van der Waals surface area contributed by atoms with Gasteiger partial charge in [-0.15, -0.1) is 0 Å². The average molecular weight is 282 g/mol. The van der Waals surface area contributed by atoms with Gasteiger partial charge in [-0.3, -0.25) is 0 Å². The summed E-state index contributed by atoms with van der Waals surface area (Å²) in [5.41, 5.74) is 3.08. The Labute approximate surface area is 117 Å². The molecule has 2 aromatic rings. The van der Waals surface area contributed by atoms with E-state index in [0.717, 1.165) is 22.4 Å². The van der Waals surface area contributed by atoms with Gasteiger partial charge in [0.15, 0.2) is 0 Å². The number of hydrogen-bond acceptors (Lipinski definition) is 2. The lowest BCUT2D eigenvalue weighted by Crippen LogP contribution is -1.99. The van der Waals surface area contributed by atoms with Gasteiger partial charge in [0.25, 0.3) is 0 Å². The zero-order chi connectivity index (χ0) is 13.1. The molecular formula is C14H13Cl2NO. The number of hydrogen-bond donors (Lipinski definition) is 0. The van der Waals surface area contributed by atoms with E-state index < -0.39 is 0 Å². The highest BCUT2D eigenvalue weighted by molar-refractivity contribution is 6.32. The van der Waals surface area contributed by atoms with Crippen LogP contribution in [0.2, 0.25) is 10.3 Å². The van der Waals surface area contributed by atoms with Crippen LogP contribution in [0.1, 0.15) is 16.7 Å². The minimum absolute atomic E-state index is 0.382. The largest absolute Gasteiger partial charge is 0.489 e. The standard InChI is InChI=1S/C14H13Cl2NO/c1-9-3-4-10(2)12(7-9)18-8-11-5-6-13(15)17-14(11)16/h3-7H,8H2,1-2H3. The van der Waals surface area contributed by atoms with E-state index in [1.54, 1.807) is 6.07 Å². The average Bonchev–Trinajstić information content (AvgIpc) is 2.32. The summed E-state index contributed by atoms with van der Waals surface area (Å²) in [5, 5.41) is 0.767. The summed E-state index contributed by atoms with van der Waals surface area (Å²) >= 11 is 11.7. The smallest absolute Gasteiger partial charge is 0.137 e. The van der Waals surface area contributed by atoms with Crippen LogP contribution in [0.5, 0.6) is 5.75 Å². The third-order valence-electron chi connectivity index (χ3n) is 2.62. The van der Waals surface area contributed by atoms with Crippen LogP contribution in [-0.4, -0.2) is 4.98 Å². The van der Waals surface area contributed by atoms with Gasteiger partial charge in [-0.25, -0.2) is 4.98 Å². The van der Waals surface area contributed by atoms with Gasteiger partial charge in [0.05, 0.1) is 0 Å². The van der Waals surface area contributed by atoms with E-state index in [4.69, 9.17) is 27.9 Å². The van der Waals surface area contributed by atoms with E-state index in [1.165, 1.54) is 0 Å². The normalized spacial score (nSPS) is 10.4. The second-order valence-electron chi connectivity index (χ2n) is 4.14. The molecule has 18 heavy (non-hydrogen) atoms. The highest BCUT2D eigenvalue weighted by atomic mass is 35.5. The lowest BCUT2D eigenvalue weighted by Gasteiger charge is -2.10. The van der Waals surface area contributed by atoms with Crippen molar-refractivity contribution < 1.29 is 4.74 Å². The summed E-state index contributed by atoms with van der Waals surface area (Å²) in [4.78, 5) is 3.98.